The quantitative estimate of drug-likeness (QED) is 0.676. The molecule has 0 amide bonds. The lowest BCUT2D eigenvalue weighted by atomic mass is 10.2. The molecule has 0 saturated carbocycles. The van der Waals surface area contributed by atoms with Crippen LogP contribution in [0.1, 0.15) is 25.7 Å². The predicted molar refractivity (Wildman–Crippen MR) is 51.2 cm³/mol. The van der Waals surface area contributed by atoms with Gasteiger partial charge in [0.25, 0.3) is 0 Å². The normalized spacial score (nSPS) is 10.9. The van der Waals surface area contributed by atoms with E-state index in [0.717, 1.165) is 5.56 Å². The van der Waals surface area contributed by atoms with Crippen LogP contribution in [0.3, 0.4) is 0 Å². The summed E-state index contributed by atoms with van der Waals surface area (Å²) in [6, 6.07) is 7.05. The molecule has 1 radical (unpaired) electrons. The molecule has 2 nitrogen and oxygen atoms in total. The Balaban J connectivity index is 2.71. The summed E-state index contributed by atoms with van der Waals surface area (Å²) in [4.78, 5) is 0. The van der Waals surface area contributed by atoms with Gasteiger partial charge in [-0.1, -0.05) is 6.07 Å². The van der Waals surface area contributed by atoms with Crippen LogP contribution in [0.5, 0.6) is 0 Å². The van der Waals surface area contributed by atoms with Crippen molar-refractivity contribution < 1.29 is 13.9 Å². The molecule has 0 atom stereocenters. The minimum absolute atomic E-state index is 0.305. The summed E-state index contributed by atoms with van der Waals surface area (Å²) in [5, 5.41) is 0. The molecule has 77 valence electrons. The Morgan fingerprint density at radius 1 is 1.29 bits per heavy atom. The number of ether oxygens (including phenoxy) is 2. The van der Waals surface area contributed by atoms with E-state index in [0.29, 0.717) is 13.2 Å². The van der Waals surface area contributed by atoms with Gasteiger partial charge in [0.2, 0.25) is 0 Å². The van der Waals surface area contributed by atoms with Crippen LogP contribution < -0.4 is 0 Å². The van der Waals surface area contributed by atoms with Crippen LogP contribution in [0.4, 0.5) is 4.39 Å². The van der Waals surface area contributed by atoms with Crippen LogP contribution in [0.2, 0.25) is 0 Å². The van der Waals surface area contributed by atoms with Gasteiger partial charge >= 0.3 is 0 Å². The molecule has 0 spiro atoms. The second kappa shape index (κ2) is 5.73. The van der Waals surface area contributed by atoms with E-state index in [1.165, 1.54) is 12.1 Å². The standard InChI is InChI=1S/C11H14FO2/c1-3-13-11(14-4-2)9-5-7-10(12)8-6-9/h5,7-8,11H,3-4H2,1-2H3. The monoisotopic (exact) mass is 197 g/mol. The van der Waals surface area contributed by atoms with Crippen molar-refractivity contribution in [1.29, 1.82) is 0 Å². The molecular weight excluding hydrogens is 183 g/mol. The zero-order chi connectivity index (χ0) is 10.4. The summed E-state index contributed by atoms with van der Waals surface area (Å²) in [7, 11) is 0. The van der Waals surface area contributed by atoms with Gasteiger partial charge in [0.15, 0.2) is 6.29 Å². The van der Waals surface area contributed by atoms with Gasteiger partial charge in [-0.25, -0.2) is 4.39 Å². The highest BCUT2D eigenvalue weighted by Gasteiger charge is 2.10. The Kier molecular flexibility index (Phi) is 4.56. The summed E-state index contributed by atoms with van der Waals surface area (Å²) in [6.07, 6.45) is -0.439. The summed E-state index contributed by atoms with van der Waals surface area (Å²) >= 11 is 0. The third-order valence-corrected chi connectivity index (χ3v) is 1.69. The van der Waals surface area contributed by atoms with Crippen LogP contribution in [0, 0.1) is 11.9 Å². The lowest BCUT2D eigenvalue weighted by molar-refractivity contribution is -0.140. The molecule has 0 aliphatic heterocycles. The van der Waals surface area contributed by atoms with Gasteiger partial charge in [-0.2, -0.15) is 0 Å². The zero-order valence-electron chi connectivity index (χ0n) is 8.42. The van der Waals surface area contributed by atoms with Crippen LogP contribution in [0.25, 0.3) is 0 Å². The fourth-order valence-corrected chi connectivity index (χ4v) is 1.09. The Morgan fingerprint density at radius 2 is 1.93 bits per heavy atom. The summed E-state index contributed by atoms with van der Waals surface area (Å²) in [5.74, 6) is -0.305. The fourth-order valence-electron chi connectivity index (χ4n) is 1.09. The van der Waals surface area contributed by atoms with Crippen molar-refractivity contribution in [2.45, 2.75) is 20.1 Å². The molecule has 14 heavy (non-hydrogen) atoms. The molecule has 0 aliphatic rings. The second-order valence-corrected chi connectivity index (χ2v) is 2.70. The lowest BCUT2D eigenvalue weighted by Gasteiger charge is -2.16. The zero-order valence-corrected chi connectivity index (χ0v) is 8.42. The Labute approximate surface area is 83.6 Å². The molecular formula is C11H14FO2. The molecule has 3 heteroatoms. The molecule has 0 saturated heterocycles. The molecule has 0 bridgehead atoms. The van der Waals surface area contributed by atoms with E-state index in [1.807, 2.05) is 13.8 Å². The van der Waals surface area contributed by atoms with Crippen molar-refractivity contribution in [1.82, 2.24) is 0 Å². The number of hydrogen-bond acceptors (Lipinski definition) is 2. The van der Waals surface area contributed by atoms with Gasteiger partial charge < -0.3 is 9.47 Å². The maximum absolute atomic E-state index is 12.6. The van der Waals surface area contributed by atoms with Crippen LogP contribution in [0.15, 0.2) is 18.2 Å². The summed E-state index contributed by atoms with van der Waals surface area (Å²) in [5.41, 5.74) is 0.718. The number of rotatable bonds is 5. The van der Waals surface area contributed by atoms with Crippen molar-refractivity contribution in [3.63, 3.8) is 0 Å². The first kappa shape index (κ1) is 11.1. The van der Waals surface area contributed by atoms with E-state index < -0.39 is 6.29 Å². The fraction of sp³-hybridized carbons (Fsp3) is 0.455. The highest BCUT2D eigenvalue weighted by atomic mass is 19.1. The smallest absolute Gasteiger partial charge is 0.184 e. The van der Waals surface area contributed by atoms with Crippen molar-refractivity contribution in [2.24, 2.45) is 0 Å². The summed E-state index contributed by atoms with van der Waals surface area (Å²) < 4.78 is 23.3. The molecule has 0 aromatic heterocycles. The minimum Gasteiger partial charge on any atom is -0.349 e. The molecule has 1 aromatic carbocycles. The predicted octanol–water partition coefficient (Wildman–Crippen LogP) is 2.70. The van der Waals surface area contributed by atoms with E-state index in [9.17, 15) is 4.39 Å². The van der Waals surface area contributed by atoms with E-state index in [4.69, 9.17) is 9.47 Å². The molecule has 1 aromatic rings. The largest absolute Gasteiger partial charge is 0.349 e. The van der Waals surface area contributed by atoms with Gasteiger partial charge in [-0.3, -0.25) is 0 Å². The SMILES string of the molecule is CCOC(OCC)c1[c]cc(F)cc1. The van der Waals surface area contributed by atoms with E-state index in [1.54, 1.807) is 6.07 Å². The highest BCUT2D eigenvalue weighted by molar-refractivity contribution is 5.15. The third kappa shape index (κ3) is 3.09. The molecule has 1 rings (SSSR count). The first-order valence-electron chi connectivity index (χ1n) is 4.68. The number of halogens is 1. The number of hydrogen-bond donors (Lipinski definition) is 0. The molecule has 0 fully saturated rings. The third-order valence-electron chi connectivity index (χ3n) is 1.69. The van der Waals surface area contributed by atoms with E-state index in [2.05, 4.69) is 6.07 Å². The first-order chi connectivity index (χ1) is 6.77. The molecule has 0 heterocycles. The van der Waals surface area contributed by atoms with Crippen LogP contribution in [-0.2, 0) is 9.47 Å². The molecule has 0 unspecified atom stereocenters. The second-order valence-electron chi connectivity index (χ2n) is 2.70. The van der Waals surface area contributed by atoms with Crippen LogP contribution >= 0.6 is 0 Å². The van der Waals surface area contributed by atoms with Crippen molar-refractivity contribution in [3.05, 3.63) is 35.6 Å². The highest BCUT2D eigenvalue weighted by Crippen LogP contribution is 2.18. The van der Waals surface area contributed by atoms with Crippen molar-refractivity contribution in [3.8, 4) is 0 Å². The van der Waals surface area contributed by atoms with Gasteiger partial charge in [0.05, 0.1) is 0 Å². The Morgan fingerprint density at radius 3 is 2.36 bits per heavy atom. The Hall–Kier alpha value is -0.930. The average Bonchev–Trinajstić information content (AvgIpc) is 2.19. The Bertz CT molecular complexity index is 252. The first-order valence-corrected chi connectivity index (χ1v) is 4.68. The number of benzene rings is 1. The average molecular weight is 197 g/mol. The molecule has 0 aliphatic carbocycles. The summed E-state index contributed by atoms with van der Waals surface area (Å²) in [6.45, 7) is 4.87. The lowest BCUT2D eigenvalue weighted by Crippen LogP contribution is -2.08. The van der Waals surface area contributed by atoms with Gasteiger partial charge in [0, 0.05) is 18.8 Å². The van der Waals surface area contributed by atoms with E-state index >= 15 is 0 Å². The topological polar surface area (TPSA) is 18.5 Å². The molecule has 0 N–H and O–H groups in total. The van der Waals surface area contributed by atoms with Crippen molar-refractivity contribution in [2.75, 3.05) is 13.2 Å². The minimum atomic E-state index is -0.439. The van der Waals surface area contributed by atoms with Crippen LogP contribution in [-0.4, -0.2) is 13.2 Å². The van der Waals surface area contributed by atoms with Gasteiger partial charge in [0.1, 0.15) is 5.82 Å². The van der Waals surface area contributed by atoms with Gasteiger partial charge in [-0.05, 0) is 32.0 Å². The van der Waals surface area contributed by atoms with E-state index in [-0.39, 0.29) is 5.82 Å². The maximum Gasteiger partial charge on any atom is 0.184 e. The van der Waals surface area contributed by atoms with Gasteiger partial charge in [-0.15, -0.1) is 0 Å². The van der Waals surface area contributed by atoms with Crippen molar-refractivity contribution >= 4 is 0 Å². The maximum atomic E-state index is 12.6.